The van der Waals surface area contributed by atoms with Crippen molar-refractivity contribution in [3.05, 3.63) is 22.4 Å². The van der Waals surface area contributed by atoms with Crippen LogP contribution < -0.4 is 5.73 Å². The van der Waals surface area contributed by atoms with Crippen LogP contribution in [0.1, 0.15) is 24.3 Å². The lowest BCUT2D eigenvalue weighted by molar-refractivity contribution is 0.122. The molecule has 0 aliphatic rings. The van der Waals surface area contributed by atoms with Gasteiger partial charge in [0.15, 0.2) is 0 Å². The summed E-state index contributed by atoms with van der Waals surface area (Å²) in [5, 5.41) is 2.12. The molecular weight excluding hydrogens is 226 g/mol. The Balaban J connectivity index is 2.00. The van der Waals surface area contributed by atoms with Gasteiger partial charge in [-0.15, -0.1) is 22.7 Å². The Labute approximate surface area is 97.7 Å². The Bertz CT molecular complexity index is 392. The molecule has 2 N–H and O–H groups in total. The predicted molar refractivity (Wildman–Crippen MR) is 67.7 cm³/mol. The van der Waals surface area contributed by atoms with Crippen LogP contribution in [0.3, 0.4) is 0 Å². The van der Waals surface area contributed by atoms with Crippen LogP contribution in [0.25, 0.3) is 9.40 Å². The van der Waals surface area contributed by atoms with Crippen molar-refractivity contribution in [1.29, 1.82) is 0 Å². The van der Waals surface area contributed by atoms with Crippen molar-refractivity contribution in [1.82, 2.24) is 0 Å². The van der Waals surface area contributed by atoms with E-state index in [1.165, 1.54) is 14.3 Å². The van der Waals surface area contributed by atoms with Gasteiger partial charge in [0.25, 0.3) is 0 Å². The van der Waals surface area contributed by atoms with E-state index in [-0.39, 0.29) is 6.04 Å². The average Bonchev–Trinajstić information content (AvgIpc) is 2.76. The number of nitrogens with two attached hydrogens (primary N) is 1. The first-order valence-corrected chi connectivity index (χ1v) is 6.81. The molecule has 0 bridgehead atoms. The number of thiophene rings is 2. The number of ether oxygens (including phenoxy) is 1. The van der Waals surface area contributed by atoms with E-state index < -0.39 is 0 Å². The van der Waals surface area contributed by atoms with E-state index in [1.807, 2.05) is 0 Å². The quantitative estimate of drug-likeness (QED) is 0.814. The van der Waals surface area contributed by atoms with Gasteiger partial charge in [0.1, 0.15) is 0 Å². The van der Waals surface area contributed by atoms with Crippen molar-refractivity contribution >= 4 is 32.1 Å². The van der Waals surface area contributed by atoms with Gasteiger partial charge in [-0.3, -0.25) is 0 Å². The molecule has 0 amide bonds. The Morgan fingerprint density at radius 3 is 3.07 bits per heavy atom. The summed E-state index contributed by atoms with van der Waals surface area (Å²) in [5.74, 6) is 0. The minimum absolute atomic E-state index is 0.0288. The van der Waals surface area contributed by atoms with Crippen LogP contribution in [-0.4, -0.2) is 13.2 Å². The maximum Gasteiger partial charge on any atom is 0.0667 e. The molecule has 0 fully saturated rings. The highest BCUT2D eigenvalue weighted by molar-refractivity contribution is 7.26. The van der Waals surface area contributed by atoms with Crippen molar-refractivity contribution in [2.75, 3.05) is 13.2 Å². The van der Waals surface area contributed by atoms with E-state index in [1.54, 1.807) is 22.7 Å². The second kappa shape index (κ2) is 5.07. The molecular formula is C11H15NOS2. The maximum atomic E-state index is 6.05. The molecule has 4 heteroatoms. The Morgan fingerprint density at radius 1 is 1.47 bits per heavy atom. The third kappa shape index (κ3) is 2.58. The van der Waals surface area contributed by atoms with Crippen LogP contribution in [0.5, 0.6) is 0 Å². The minimum atomic E-state index is 0.0288. The summed E-state index contributed by atoms with van der Waals surface area (Å²) in [6.45, 7) is 3.53. The molecule has 2 nitrogen and oxygen atoms in total. The van der Waals surface area contributed by atoms with Crippen LogP contribution in [-0.2, 0) is 4.74 Å². The van der Waals surface area contributed by atoms with Crippen molar-refractivity contribution in [3.63, 3.8) is 0 Å². The number of rotatable bonds is 5. The fourth-order valence-corrected chi connectivity index (χ4v) is 3.51. The van der Waals surface area contributed by atoms with Gasteiger partial charge >= 0.3 is 0 Å². The molecule has 2 aromatic rings. The van der Waals surface area contributed by atoms with Gasteiger partial charge in [0, 0.05) is 20.9 Å². The normalized spacial score (nSPS) is 13.5. The molecule has 15 heavy (non-hydrogen) atoms. The number of hydrogen-bond donors (Lipinski definition) is 1. The second-order valence-corrected chi connectivity index (χ2v) is 5.54. The van der Waals surface area contributed by atoms with Crippen LogP contribution in [0, 0.1) is 0 Å². The summed E-state index contributed by atoms with van der Waals surface area (Å²) in [6.07, 6.45) is 1.05. The number of hydrogen-bond acceptors (Lipinski definition) is 4. The van der Waals surface area contributed by atoms with Crippen LogP contribution >= 0.6 is 22.7 Å². The molecule has 2 heterocycles. The van der Waals surface area contributed by atoms with Gasteiger partial charge in [0.2, 0.25) is 0 Å². The third-order valence-corrected chi connectivity index (χ3v) is 4.40. The lowest BCUT2D eigenvalue weighted by Crippen LogP contribution is -2.16. The van der Waals surface area contributed by atoms with E-state index in [9.17, 15) is 0 Å². The first-order valence-electron chi connectivity index (χ1n) is 5.11. The largest absolute Gasteiger partial charge is 0.379 e. The fraction of sp³-hybridized carbons (Fsp3) is 0.455. The van der Waals surface area contributed by atoms with Gasteiger partial charge in [0.05, 0.1) is 12.6 Å². The smallest absolute Gasteiger partial charge is 0.0667 e. The van der Waals surface area contributed by atoms with Crippen molar-refractivity contribution < 1.29 is 4.74 Å². The molecule has 2 aromatic heterocycles. The van der Waals surface area contributed by atoms with Crippen LogP contribution in [0.15, 0.2) is 17.5 Å². The highest BCUT2D eigenvalue weighted by Crippen LogP contribution is 2.32. The molecule has 0 saturated heterocycles. The second-order valence-electron chi connectivity index (χ2n) is 3.48. The highest BCUT2D eigenvalue weighted by Gasteiger charge is 2.10. The Morgan fingerprint density at radius 2 is 2.33 bits per heavy atom. The molecule has 0 saturated carbocycles. The zero-order chi connectivity index (χ0) is 10.7. The highest BCUT2D eigenvalue weighted by atomic mass is 32.1. The number of fused-ring (bicyclic) bond motifs is 1. The summed E-state index contributed by atoms with van der Waals surface area (Å²) in [7, 11) is 0. The average molecular weight is 241 g/mol. The molecule has 82 valence electrons. The van der Waals surface area contributed by atoms with Crippen molar-refractivity contribution in [3.8, 4) is 0 Å². The van der Waals surface area contributed by atoms with E-state index >= 15 is 0 Å². The molecule has 0 spiro atoms. The topological polar surface area (TPSA) is 35.2 Å². The molecule has 1 atom stereocenters. The molecule has 1 unspecified atom stereocenters. The fourth-order valence-electron chi connectivity index (χ4n) is 1.40. The van der Waals surface area contributed by atoms with E-state index in [0.717, 1.165) is 13.0 Å². The van der Waals surface area contributed by atoms with E-state index in [0.29, 0.717) is 6.61 Å². The summed E-state index contributed by atoms with van der Waals surface area (Å²) in [5.41, 5.74) is 6.05. The maximum absolute atomic E-state index is 6.05. The van der Waals surface area contributed by atoms with Gasteiger partial charge in [-0.05, 0) is 23.9 Å². The summed E-state index contributed by atoms with van der Waals surface area (Å²) in [6, 6.07) is 4.36. The zero-order valence-corrected chi connectivity index (χ0v) is 10.4. The van der Waals surface area contributed by atoms with E-state index in [2.05, 4.69) is 24.4 Å². The van der Waals surface area contributed by atoms with Crippen LogP contribution in [0.2, 0.25) is 0 Å². The Hall–Kier alpha value is -0.420. The summed E-state index contributed by atoms with van der Waals surface area (Å²) < 4.78 is 8.13. The van der Waals surface area contributed by atoms with Gasteiger partial charge in [-0.25, -0.2) is 0 Å². The SMILES string of the molecule is CCCOCC(N)c1cc2sccc2s1. The lowest BCUT2D eigenvalue weighted by Gasteiger charge is -2.09. The summed E-state index contributed by atoms with van der Waals surface area (Å²) in [4.78, 5) is 1.23. The molecule has 0 aliphatic carbocycles. The van der Waals surface area contributed by atoms with Crippen molar-refractivity contribution in [2.45, 2.75) is 19.4 Å². The van der Waals surface area contributed by atoms with Crippen LogP contribution in [0.4, 0.5) is 0 Å². The molecule has 2 rings (SSSR count). The minimum Gasteiger partial charge on any atom is -0.379 e. The Kier molecular flexibility index (Phi) is 3.75. The monoisotopic (exact) mass is 241 g/mol. The molecule has 0 radical (unpaired) electrons. The van der Waals surface area contributed by atoms with Gasteiger partial charge in [-0.1, -0.05) is 6.92 Å². The first-order chi connectivity index (χ1) is 7.31. The molecule has 0 aromatic carbocycles. The lowest BCUT2D eigenvalue weighted by atomic mass is 10.3. The first kappa shape index (κ1) is 11.1. The zero-order valence-electron chi connectivity index (χ0n) is 8.73. The van der Waals surface area contributed by atoms with Gasteiger partial charge < -0.3 is 10.5 Å². The summed E-state index contributed by atoms with van der Waals surface area (Å²) >= 11 is 3.54. The van der Waals surface area contributed by atoms with E-state index in [4.69, 9.17) is 10.5 Å². The third-order valence-electron chi connectivity index (χ3n) is 2.17. The van der Waals surface area contributed by atoms with Gasteiger partial charge in [-0.2, -0.15) is 0 Å². The molecule has 0 aliphatic heterocycles. The predicted octanol–water partition coefficient (Wildman–Crippen LogP) is 3.39. The standard InChI is InChI=1S/C11H15NOS2/c1-2-4-13-7-8(12)10-6-11-9(15-10)3-5-14-11/h3,5-6,8H,2,4,7,12H2,1H3. The van der Waals surface area contributed by atoms with Crippen molar-refractivity contribution in [2.24, 2.45) is 5.73 Å².